The summed E-state index contributed by atoms with van der Waals surface area (Å²) in [6, 6.07) is 2.49. The minimum absolute atomic E-state index is 0.423. The molecule has 0 spiro atoms. The first kappa shape index (κ1) is 15.0. The summed E-state index contributed by atoms with van der Waals surface area (Å²) >= 11 is 0. The van der Waals surface area contributed by atoms with E-state index in [2.05, 4.69) is 39.5 Å². The quantitative estimate of drug-likeness (QED) is 0.798. The summed E-state index contributed by atoms with van der Waals surface area (Å²) < 4.78 is 0. The first-order valence-corrected chi connectivity index (χ1v) is 7.54. The lowest BCUT2D eigenvalue weighted by Crippen LogP contribution is -2.53. The molecule has 5 atom stereocenters. The van der Waals surface area contributed by atoms with Gasteiger partial charge in [0.1, 0.15) is 0 Å². The molecular formula is C15H32N2. The van der Waals surface area contributed by atoms with Gasteiger partial charge in [-0.25, -0.2) is 0 Å². The van der Waals surface area contributed by atoms with Crippen LogP contribution >= 0.6 is 0 Å². The maximum absolute atomic E-state index is 6.18. The molecule has 1 fully saturated rings. The van der Waals surface area contributed by atoms with Gasteiger partial charge in [0.15, 0.2) is 0 Å². The van der Waals surface area contributed by atoms with Gasteiger partial charge in [0, 0.05) is 24.2 Å². The lowest BCUT2D eigenvalue weighted by atomic mass is 9.81. The van der Waals surface area contributed by atoms with Crippen molar-refractivity contribution in [3.05, 3.63) is 0 Å². The van der Waals surface area contributed by atoms with Crippen molar-refractivity contribution in [2.75, 3.05) is 0 Å². The minimum Gasteiger partial charge on any atom is -0.328 e. The zero-order valence-electron chi connectivity index (χ0n) is 12.4. The highest BCUT2D eigenvalue weighted by molar-refractivity contribution is 4.90. The van der Waals surface area contributed by atoms with E-state index in [0.717, 1.165) is 5.92 Å². The Kier molecular flexibility index (Phi) is 5.94. The summed E-state index contributed by atoms with van der Waals surface area (Å²) in [5, 5.41) is 0. The number of hydrogen-bond acceptors (Lipinski definition) is 2. The van der Waals surface area contributed by atoms with Crippen LogP contribution in [0.2, 0.25) is 0 Å². The molecule has 17 heavy (non-hydrogen) atoms. The van der Waals surface area contributed by atoms with E-state index in [-0.39, 0.29) is 0 Å². The molecule has 2 N–H and O–H groups in total. The van der Waals surface area contributed by atoms with Crippen LogP contribution in [0.1, 0.15) is 66.7 Å². The molecule has 0 saturated heterocycles. The van der Waals surface area contributed by atoms with Crippen LogP contribution < -0.4 is 5.73 Å². The second-order valence-electron chi connectivity index (χ2n) is 6.08. The third kappa shape index (κ3) is 3.69. The molecule has 0 heterocycles. The van der Waals surface area contributed by atoms with Crippen LogP contribution in [0.5, 0.6) is 0 Å². The van der Waals surface area contributed by atoms with E-state index in [4.69, 9.17) is 5.73 Å². The van der Waals surface area contributed by atoms with Crippen LogP contribution in [-0.4, -0.2) is 29.1 Å². The fraction of sp³-hybridized carbons (Fsp3) is 1.00. The molecule has 0 amide bonds. The van der Waals surface area contributed by atoms with Crippen LogP contribution in [0.15, 0.2) is 0 Å². The standard InChI is InChI=1S/C15H32N2/c1-6-12(4)17(13(5)7-2)15-10-14(16)9-8-11(15)3/h11-15H,6-10,16H2,1-5H3. The van der Waals surface area contributed by atoms with E-state index < -0.39 is 0 Å². The molecule has 0 aromatic heterocycles. The van der Waals surface area contributed by atoms with Crippen LogP contribution in [0.4, 0.5) is 0 Å². The molecular weight excluding hydrogens is 208 g/mol. The van der Waals surface area contributed by atoms with Gasteiger partial charge in [-0.05, 0) is 51.9 Å². The van der Waals surface area contributed by atoms with E-state index in [9.17, 15) is 0 Å². The van der Waals surface area contributed by atoms with Crippen molar-refractivity contribution in [2.24, 2.45) is 11.7 Å². The highest BCUT2D eigenvalue weighted by atomic mass is 15.2. The van der Waals surface area contributed by atoms with Crippen LogP contribution in [0.25, 0.3) is 0 Å². The fourth-order valence-corrected chi connectivity index (χ4v) is 3.26. The van der Waals surface area contributed by atoms with E-state index in [1.54, 1.807) is 0 Å². The highest BCUT2D eigenvalue weighted by Gasteiger charge is 2.34. The average molecular weight is 240 g/mol. The van der Waals surface area contributed by atoms with Crippen LogP contribution in [0, 0.1) is 5.92 Å². The third-order valence-corrected chi connectivity index (χ3v) is 4.78. The van der Waals surface area contributed by atoms with E-state index in [1.165, 1.54) is 32.1 Å². The normalized spacial score (nSPS) is 33.7. The molecule has 1 aliphatic carbocycles. The molecule has 0 aliphatic heterocycles. The number of nitrogens with two attached hydrogens (primary N) is 1. The fourth-order valence-electron chi connectivity index (χ4n) is 3.26. The maximum Gasteiger partial charge on any atom is 0.0141 e. The van der Waals surface area contributed by atoms with Gasteiger partial charge in [-0.3, -0.25) is 4.90 Å². The van der Waals surface area contributed by atoms with Gasteiger partial charge in [-0.15, -0.1) is 0 Å². The molecule has 0 bridgehead atoms. The lowest BCUT2D eigenvalue weighted by Gasteiger charge is -2.46. The van der Waals surface area contributed by atoms with Crippen LogP contribution in [-0.2, 0) is 0 Å². The first-order valence-electron chi connectivity index (χ1n) is 7.54. The van der Waals surface area contributed by atoms with E-state index in [0.29, 0.717) is 24.2 Å². The summed E-state index contributed by atoms with van der Waals surface area (Å²) in [7, 11) is 0. The van der Waals surface area contributed by atoms with Gasteiger partial charge >= 0.3 is 0 Å². The largest absolute Gasteiger partial charge is 0.328 e. The summed E-state index contributed by atoms with van der Waals surface area (Å²) in [6.45, 7) is 11.8. The van der Waals surface area contributed by atoms with Gasteiger partial charge < -0.3 is 5.73 Å². The molecule has 2 nitrogen and oxygen atoms in total. The van der Waals surface area contributed by atoms with Crippen molar-refractivity contribution in [1.29, 1.82) is 0 Å². The molecule has 2 heteroatoms. The SMILES string of the molecule is CCC(C)N(C(C)CC)C1CC(N)CCC1C. The number of nitrogens with zero attached hydrogens (tertiary/aromatic N) is 1. The van der Waals surface area contributed by atoms with E-state index in [1.807, 2.05) is 0 Å². The van der Waals surface area contributed by atoms with Crippen molar-refractivity contribution in [1.82, 2.24) is 4.90 Å². The Bertz CT molecular complexity index is 207. The number of rotatable bonds is 5. The second kappa shape index (κ2) is 6.75. The topological polar surface area (TPSA) is 29.3 Å². The average Bonchev–Trinajstić information content (AvgIpc) is 2.33. The minimum atomic E-state index is 0.423. The Balaban J connectivity index is 2.79. The monoisotopic (exact) mass is 240 g/mol. The molecule has 5 unspecified atom stereocenters. The van der Waals surface area contributed by atoms with Crippen LogP contribution in [0.3, 0.4) is 0 Å². The summed E-state index contributed by atoms with van der Waals surface area (Å²) in [4.78, 5) is 2.75. The Morgan fingerprint density at radius 2 is 1.65 bits per heavy atom. The second-order valence-corrected chi connectivity index (χ2v) is 6.08. The summed E-state index contributed by atoms with van der Waals surface area (Å²) in [6.07, 6.45) is 6.18. The summed E-state index contributed by atoms with van der Waals surface area (Å²) in [5.41, 5.74) is 6.18. The zero-order valence-corrected chi connectivity index (χ0v) is 12.4. The van der Waals surface area contributed by atoms with Crippen molar-refractivity contribution in [3.63, 3.8) is 0 Å². The molecule has 1 rings (SSSR count). The smallest absolute Gasteiger partial charge is 0.0141 e. The van der Waals surface area contributed by atoms with Crippen molar-refractivity contribution in [2.45, 2.75) is 90.9 Å². The Morgan fingerprint density at radius 1 is 1.12 bits per heavy atom. The predicted molar refractivity (Wildman–Crippen MR) is 76.1 cm³/mol. The van der Waals surface area contributed by atoms with Crippen molar-refractivity contribution < 1.29 is 0 Å². The lowest BCUT2D eigenvalue weighted by molar-refractivity contribution is 0.0327. The third-order valence-electron chi connectivity index (χ3n) is 4.78. The van der Waals surface area contributed by atoms with Crippen molar-refractivity contribution >= 4 is 0 Å². The Morgan fingerprint density at radius 3 is 2.12 bits per heavy atom. The molecule has 1 aliphatic rings. The molecule has 0 aromatic rings. The first-order chi connectivity index (χ1) is 8.01. The zero-order chi connectivity index (χ0) is 13.0. The van der Waals surface area contributed by atoms with E-state index >= 15 is 0 Å². The Hall–Kier alpha value is -0.0800. The molecule has 0 aromatic carbocycles. The predicted octanol–water partition coefficient (Wildman–Crippen LogP) is 3.40. The molecule has 0 radical (unpaired) electrons. The maximum atomic E-state index is 6.18. The van der Waals surface area contributed by atoms with Gasteiger partial charge in [-0.1, -0.05) is 20.8 Å². The molecule has 102 valence electrons. The van der Waals surface area contributed by atoms with Gasteiger partial charge in [0.25, 0.3) is 0 Å². The Labute approximate surface area is 108 Å². The van der Waals surface area contributed by atoms with Gasteiger partial charge in [0.05, 0.1) is 0 Å². The highest BCUT2D eigenvalue weighted by Crippen LogP contribution is 2.31. The molecule has 1 saturated carbocycles. The van der Waals surface area contributed by atoms with Crippen molar-refractivity contribution in [3.8, 4) is 0 Å². The van der Waals surface area contributed by atoms with Gasteiger partial charge in [0.2, 0.25) is 0 Å². The number of hydrogen-bond donors (Lipinski definition) is 1. The van der Waals surface area contributed by atoms with Gasteiger partial charge in [-0.2, -0.15) is 0 Å². The summed E-state index contributed by atoms with van der Waals surface area (Å²) in [5.74, 6) is 0.804.